The van der Waals surface area contributed by atoms with Crippen molar-refractivity contribution >= 4 is 46.7 Å². The van der Waals surface area contributed by atoms with Crippen molar-refractivity contribution in [2.45, 2.75) is 11.5 Å². The van der Waals surface area contributed by atoms with E-state index in [0.29, 0.717) is 11.1 Å². The fraction of sp³-hybridized carbons (Fsp3) is 0.227. The average molecular weight is 495 g/mol. The monoisotopic (exact) mass is 494 g/mol. The lowest BCUT2D eigenvalue weighted by Crippen LogP contribution is -2.37. The fourth-order valence-electron chi connectivity index (χ4n) is 2.94. The number of carbonyl (C=O) groups excluding carboxylic acids is 3. The van der Waals surface area contributed by atoms with Gasteiger partial charge >= 0.3 is 6.61 Å². The molecule has 1 fully saturated rings. The number of methoxy groups -OCH3 is 1. The summed E-state index contributed by atoms with van der Waals surface area (Å²) in [5.74, 6) is -0.882. The molecule has 1 heterocycles. The number of imide groups is 1. The summed E-state index contributed by atoms with van der Waals surface area (Å²) in [6, 6.07) is 11.3. The lowest BCUT2D eigenvalue weighted by molar-refractivity contribution is -0.122. The van der Waals surface area contributed by atoms with E-state index in [2.05, 4.69) is 10.1 Å². The summed E-state index contributed by atoms with van der Waals surface area (Å²) in [6.07, 6.45) is 3.40. The summed E-state index contributed by atoms with van der Waals surface area (Å²) in [4.78, 5) is 39.4. The second-order valence-electron chi connectivity index (χ2n) is 6.61. The molecular formula is C22H20F2N2O5S2. The van der Waals surface area contributed by atoms with Gasteiger partial charge in [0.1, 0.15) is 0 Å². The molecule has 0 aliphatic carbocycles. The van der Waals surface area contributed by atoms with E-state index >= 15 is 0 Å². The largest absolute Gasteiger partial charge is 0.493 e. The standard InChI is InChI=1S/C22H20F2N2O5S2/c1-30-17-11-13(3-8-16(17)31-21(23)24)12-18-20(28)26(22(29)33-18)10-9-25-19(27)14-4-6-15(32-2)7-5-14/h3-8,11-12,21H,9-10H2,1-2H3,(H,25,27)/b18-12-. The minimum absolute atomic E-state index is 0.0150. The van der Waals surface area contributed by atoms with Crippen LogP contribution in [0.25, 0.3) is 6.08 Å². The topological polar surface area (TPSA) is 84.9 Å². The Balaban J connectivity index is 1.61. The van der Waals surface area contributed by atoms with Crippen LogP contribution in [0.2, 0.25) is 0 Å². The number of carbonyl (C=O) groups is 3. The molecule has 7 nitrogen and oxygen atoms in total. The van der Waals surface area contributed by atoms with Crippen LogP contribution in [0.15, 0.2) is 52.3 Å². The maximum absolute atomic E-state index is 12.6. The minimum Gasteiger partial charge on any atom is -0.493 e. The fourth-order valence-corrected chi connectivity index (χ4v) is 4.21. The normalized spacial score (nSPS) is 14.8. The quantitative estimate of drug-likeness (QED) is 0.406. The van der Waals surface area contributed by atoms with Crippen LogP contribution in [0.3, 0.4) is 0 Å². The molecule has 1 N–H and O–H groups in total. The first-order valence-corrected chi connectivity index (χ1v) is 11.7. The highest BCUT2D eigenvalue weighted by atomic mass is 32.2. The molecule has 1 aliphatic heterocycles. The molecule has 0 saturated carbocycles. The number of nitrogens with zero attached hydrogens (tertiary/aromatic N) is 1. The Morgan fingerprint density at radius 2 is 1.91 bits per heavy atom. The Morgan fingerprint density at radius 1 is 1.18 bits per heavy atom. The van der Waals surface area contributed by atoms with Gasteiger partial charge in [0.2, 0.25) is 0 Å². The summed E-state index contributed by atoms with van der Waals surface area (Å²) >= 11 is 2.32. The minimum atomic E-state index is -3.00. The molecule has 2 aromatic rings. The third-order valence-electron chi connectivity index (χ3n) is 4.55. The van der Waals surface area contributed by atoms with E-state index in [1.165, 1.54) is 31.4 Å². The highest BCUT2D eigenvalue weighted by Crippen LogP contribution is 2.34. The van der Waals surface area contributed by atoms with E-state index in [4.69, 9.17) is 4.74 Å². The van der Waals surface area contributed by atoms with Crippen molar-refractivity contribution in [1.82, 2.24) is 10.2 Å². The van der Waals surface area contributed by atoms with Crippen LogP contribution in [0, 0.1) is 0 Å². The van der Waals surface area contributed by atoms with Gasteiger partial charge in [0.15, 0.2) is 11.5 Å². The van der Waals surface area contributed by atoms with Crippen molar-refractivity contribution in [1.29, 1.82) is 0 Å². The molecule has 0 unspecified atom stereocenters. The molecule has 11 heteroatoms. The average Bonchev–Trinajstić information content (AvgIpc) is 3.06. The number of nitrogens with one attached hydrogen (secondary N) is 1. The van der Waals surface area contributed by atoms with Crippen molar-refractivity contribution in [3.05, 3.63) is 58.5 Å². The summed E-state index contributed by atoms with van der Waals surface area (Å²) < 4.78 is 34.4. The van der Waals surface area contributed by atoms with Crippen LogP contribution >= 0.6 is 23.5 Å². The van der Waals surface area contributed by atoms with Crippen molar-refractivity contribution in [2.24, 2.45) is 0 Å². The van der Waals surface area contributed by atoms with Crippen molar-refractivity contribution in [2.75, 3.05) is 26.5 Å². The van der Waals surface area contributed by atoms with Gasteiger partial charge in [0, 0.05) is 23.5 Å². The number of thioether (sulfide) groups is 2. The number of alkyl halides is 2. The molecule has 0 radical (unpaired) electrons. The van der Waals surface area contributed by atoms with Crippen LogP contribution in [-0.2, 0) is 4.79 Å². The molecule has 2 aromatic carbocycles. The molecule has 33 heavy (non-hydrogen) atoms. The number of rotatable bonds is 9. The number of halogens is 2. The Morgan fingerprint density at radius 3 is 2.55 bits per heavy atom. The second-order valence-corrected chi connectivity index (χ2v) is 8.48. The maximum atomic E-state index is 12.6. The number of benzene rings is 2. The van der Waals surface area contributed by atoms with Crippen LogP contribution in [0.5, 0.6) is 11.5 Å². The van der Waals surface area contributed by atoms with Crippen LogP contribution in [0.1, 0.15) is 15.9 Å². The summed E-state index contributed by atoms with van der Waals surface area (Å²) in [5.41, 5.74) is 0.955. The van der Waals surface area contributed by atoms with Gasteiger partial charge in [-0.3, -0.25) is 19.3 Å². The van der Waals surface area contributed by atoms with Gasteiger partial charge in [-0.15, -0.1) is 11.8 Å². The van der Waals surface area contributed by atoms with E-state index in [-0.39, 0.29) is 35.4 Å². The molecule has 0 spiro atoms. The first-order chi connectivity index (χ1) is 15.8. The van der Waals surface area contributed by atoms with E-state index in [9.17, 15) is 23.2 Å². The summed E-state index contributed by atoms with van der Waals surface area (Å²) in [6.45, 7) is -2.89. The van der Waals surface area contributed by atoms with Crippen molar-refractivity contribution in [3.63, 3.8) is 0 Å². The molecule has 0 aromatic heterocycles. The van der Waals surface area contributed by atoms with Gasteiger partial charge in [-0.1, -0.05) is 6.07 Å². The lowest BCUT2D eigenvalue weighted by Gasteiger charge is -2.13. The van der Waals surface area contributed by atoms with E-state index in [1.54, 1.807) is 23.9 Å². The molecule has 0 bridgehead atoms. The van der Waals surface area contributed by atoms with Gasteiger partial charge in [-0.05, 0) is 66.1 Å². The molecule has 174 valence electrons. The van der Waals surface area contributed by atoms with Gasteiger partial charge in [-0.25, -0.2) is 0 Å². The van der Waals surface area contributed by atoms with Crippen LogP contribution in [-0.4, -0.2) is 55.0 Å². The Kier molecular flexibility index (Phi) is 8.34. The zero-order chi connectivity index (χ0) is 24.0. The van der Waals surface area contributed by atoms with Gasteiger partial charge in [-0.2, -0.15) is 8.78 Å². The molecule has 1 saturated heterocycles. The Hall–Kier alpha value is -3.05. The Bertz CT molecular complexity index is 1080. The number of amides is 3. The SMILES string of the molecule is COc1cc(/C=C2\SC(=O)N(CCNC(=O)c3ccc(SC)cc3)C2=O)ccc1OC(F)F. The number of hydrogen-bond acceptors (Lipinski definition) is 7. The first-order valence-electron chi connectivity index (χ1n) is 9.63. The van der Waals surface area contributed by atoms with E-state index < -0.39 is 17.8 Å². The summed E-state index contributed by atoms with van der Waals surface area (Å²) in [5, 5.41) is 2.23. The maximum Gasteiger partial charge on any atom is 0.387 e. The lowest BCUT2D eigenvalue weighted by atomic mass is 10.2. The second kappa shape index (κ2) is 11.2. The summed E-state index contributed by atoms with van der Waals surface area (Å²) in [7, 11) is 1.30. The molecule has 3 rings (SSSR count). The highest BCUT2D eigenvalue weighted by molar-refractivity contribution is 8.18. The smallest absolute Gasteiger partial charge is 0.387 e. The third-order valence-corrected chi connectivity index (χ3v) is 6.20. The zero-order valence-electron chi connectivity index (χ0n) is 17.7. The van der Waals surface area contributed by atoms with Crippen molar-refractivity contribution in [3.8, 4) is 11.5 Å². The van der Waals surface area contributed by atoms with Gasteiger partial charge in [0.25, 0.3) is 17.1 Å². The van der Waals surface area contributed by atoms with Gasteiger partial charge < -0.3 is 14.8 Å². The highest BCUT2D eigenvalue weighted by Gasteiger charge is 2.34. The van der Waals surface area contributed by atoms with E-state index in [1.807, 2.05) is 18.4 Å². The number of ether oxygens (including phenoxy) is 2. The molecular weight excluding hydrogens is 474 g/mol. The third kappa shape index (κ3) is 6.26. The van der Waals surface area contributed by atoms with Gasteiger partial charge in [0.05, 0.1) is 12.0 Å². The van der Waals surface area contributed by atoms with Crippen LogP contribution < -0.4 is 14.8 Å². The predicted molar refractivity (Wildman–Crippen MR) is 123 cm³/mol. The first kappa shape index (κ1) is 24.6. The van der Waals surface area contributed by atoms with Crippen LogP contribution in [0.4, 0.5) is 13.6 Å². The van der Waals surface area contributed by atoms with Crippen molar-refractivity contribution < 1.29 is 32.6 Å². The number of hydrogen-bond donors (Lipinski definition) is 1. The zero-order valence-corrected chi connectivity index (χ0v) is 19.3. The molecule has 3 amide bonds. The molecule has 1 aliphatic rings. The van der Waals surface area contributed by atoms with E-state index in [0.717, 1.165) is 21.6 Å². The predicted octanol–water partition coefficient (Wildman–Crippen LogP) is 4.48. The Labute approximate surface area is 197 Å². The molecule has 0 atom stereocenters.